The average molecular weight is 527 g/mol. The first kappa shape index (κ1) is 24.1. The summed E-state index contributed by atoms with van der Waals surface area (Å²) in [4.78, 5) is 33.0. The lowest BCUT2D eigenvalue weighted by Gasteiger charge is -2.48. The van der Waals surface area contributed by atoms with E-state index >= 15 is 0 Å². The predicted octanol–water partition coefficient (Wildman–Crippen LogP) is 6.81. The van der Waals surface area contributed by atoms with E-state index in [0.29, 0.717) is 15.1 Å². The zero-order valence-electron chi connectivity index (χ0n) is 18.9. The molecule has 0 spiro atoms. The summed E-state index contributed by atoms with van der Waals surface area (Å²) in [6.45, 7) is 1.96. The Morgan fingerprint density at radius 1 is 0.886 bits per heavy atom. The molecule has 4 unspecified atom stereocenters. The molecule has 3 aromatic carbocycles. The van der Waals surface area contributed by atoms with E-state index in [1.54, 1.807) is 49.5 Å². The van der Waals surface area contributed by atoms with Crippen molar-refractivity contribution >= 4 is 52.8 Å². The quantitative estimate of drug-likeness (QED) is 0.343. The van der Waals surface area contributed by atoms with Crippen LogP contribution in [0, 0.1) is 0 Å². The van der Waals surface area contributed by atoms with E-state index in [0.717, 1.165) is 16.7 Å². The number of carbonyl (C=O) groups excluding carboxylic acids is 2. The van der Waals surface area contributed by atoms with Gasteiger partial charge in [0.1, 0.15) is 5.78 Å². The van der Waals surface area contributed by atoms with Crippen LogP contribution < -0.4 is 0 Å². The molecular formula is C28H22Cl3NO3. The zero-order valence-corrected chi connectivity index (χ0v) is 21.1. The van der Waals surface area contributed by atoms with Gasteiger partial charge in [0.2, 0.25) is 0 Å². The summed E-state index contributed by atoms with van der Waals surface area (Å²) >= 11 is 18.5. The first-order chi connectivity index (χ1) is 16.8. The van der Waals surface area contributed by atoms with Gasteiger partial charge in [0.25, 0.3) is 0 Å². The van der Waals surface area contributed by atoms with Crippen molar-refractivity contribution in [3.8, 4) is 0 Å². The number of aliphatic imine (C=N–C) groups is 1. The van der Waals surface area contributed by atoms with Crippen molar-refractivity contribution in [1.29, 1.82) is 0 Å². The first-order valence-electron chi connectivity index (χ1n) is 11.4. The third-order valence-electron chi connectivity index (χ3n) is 7.16. The van der Waals surface area contributed by atoms with Crippen LogP contribution in [0.25, 0.3) is 0 Å². The SMILES string of the molecule is CCOC(=O)C12N=CC(c3ccc(Cl)cc3)(C(=O)CC1c1ccc(Cl)cc1)C2c1ccc(Cl)cc1. The van der Waals surface area contributed by atoms with Gasteiger partial charge in [0, 0.05) is 39.5 Å². The summed E-state index contributed by atoms with van der Waals surface area (Å²) in [6, 6.07) is 21.6. The molecule has 1 saturated carbocycles. The van der Waals surface area contributed by atoms with Crippen LogP contribution in [0.4, 0.5) is 0 Å². The number of carbonyl (C=O) groups is 2. The lowest BCUT2D eigenvalue weighted by molar-refractivity contribution is -0.153. The Labute approximate surface area is 218 Å². The number of ketones is 1. The zero-order chi connectivity index (χ0) is 24.8. The van der Waals surface area contributed by atoms with Gasteiger partial charge in [-0.05, 0) is 60.0 Å². The normalized spacial score (nSPS) is 27.1. The minimum absolute atomic E-state index is 0.0269. The Morgan fingerprint density at radius 2 is 1.40 bits per heavy atom. The second-order valence-corrected chi connectivity index (χ2v) is 10.2. The molecule has 0 N–H and O–H groups in total. The van der Waals surface area contributed by atoms with E-state index in [1.165, 1.54) is 0 Å². The van der Waals surface area contributed by atoms with Gasteiger partial charge in [-0.3, -0.25) is 9.79 Å². The number of fused-ring (bicyclic) bond motifs is 2. The van der Waals surface area contributed by atoms with Crippen LogP contribution in [0.15, 0.2) is 77.8 Å². The van der Waals surface area contributed by atoms with E-state index in [-0.39, 0.29) is 18.8 Å². The molecule has 0 amide bonds. The summed E-state index contributed by atoms with van der Waals surface area (Å²) in [7, 11) is 0. The van der Waals surface area contributed by atoms with E-state index in [2.05, 4.69) is 0 Å². The molecule has 178 valence electrons. The van der Waals surface area contributed by atoms with Gasteiger partial charge in [-0.1, -0.05) is 71.2 Å². The summed E-state index contributed by atoms with van der Waals surface area (Å²) in [5, 5.41) is 1.69. The molecule has 1 aliphatic carbocycles. The van der Waals surface area contributed by atoms with E-state index in [1.807, 2.05) is 36.4 Å². The van der Waals surface area contributed by atoms with E-state index in [9.17, 15) is 9.59 Å². The molecule has 5 rings (SSSR count). The van der Waals surface area contributed by atoms with Gasteiger partial charge < -0.3 is 4.74 Å². The summed E-state index contributed by atoms with van der Waals surface area (Å²) < 4.78 is 5.65. The molecule has 4 nitrogen and oxygen atoms in total. The fraction of sp³-hybridized carbons (Fsp3) is 0.250. The Morgan fingerprint density at radius 3 is 1.94 bits per heavy atom. The second-order valence-electron chi connectivity index (χ2n) is 8.90. The number of hydrogen-bond acceptors (Lipinski definition) is 4. The lowest BCUT2D eigenvalue weighted by atomic mass is 9.51. The van der Waals surface area contributed by atoms with Crippen LogP contribution in [-0.4, -0.2) is 30.1 Å². The fourth-order valence-corrected chi connectivity index (χ4v) is 6.04. The molecule has 1 aliphatic heterocycles. The molecule has 0 saturated heterocycles. The van der Waals surface area contributed by atoms with Crippen molar-refractivity contribution in [1.82, 2.24) is 0 Å². The van der Waals surface area contributed by atoms with Gasteiger partial charge in [-0.25, -0.2) is 4.79 Å². The number of halogens is 3. The minimum Gasteiger partial charge on any atom is -0.464 e. The molecule has 35 heavy (non-hydrogen) atoms. The first-order valence-corrected chi connectivity index (χ1v) is 12.5. The number of ether oxygens (including phenoxy) is 1. The number of benzene rings is 3. The maximum atomic E-state index is 14.2. The highest BCUT2D eigenvalue weighted by atomic mass is 35.5. The molecule has 4 atom stereocenters. The number of esters is 1. The fourth-order valence-electron chi connectivity index (χ4n) is 5.67. The van der Waals surface area contributed by atoms with Crippen LogP contribution in [0.3, 0.4) is 0 Å². The van der Waals surface area contributed by atoms with Crippen molar-refractivity contribution in [3.05, 3.63) is 105 Å². The number of nitrogens with zero attached hydrogens (tertiary/aromatic N) is 1. The number of hydrogen-bond donors (Lipinski definition) is 0. The molecule has 1 heterocycles. The number of Topliss-reactive ketones (excluding diaryl/α,β-unsaturated/α-hetero) is 1. The van der Waals surface area contributed by atoms with Crippen LogP contribution >= 0.6 is 34.8 Å². The Balaban J connectivity index is 1.80. The molecule has 2 bridgehead atoms. The van der Waals surface area contributed by atoms with Crippen LogP contribution in [0.1, 0.15) is 41.9 Å². The van der Waals surface area contributed by atoms with Crippen LogP contribution in [0.5, 0.6) is 0 Å². The third kappa shape index (κ3) is 3.70. The van der Waals surface area contributed by atoms with Gasteiger partial charge in [-0.15, -0.1) is 0 Å². The van der Waals surface area contributed by atoms with Crippen molar-refractivity contribution in [2.45, 2.75) is 36.1 Å². The van der Waals surface area contributed by atoms with Crippen LogP contribution in [0.2, 0.25) is 15.1 Å². The lowest BCUT2D eigenvalue weighted by Crippen LogP contribution is -2.59. The Kier molecular flexibility index (Phi) is 6.25. The van der Waals surface area contributed by atoms with Gasteiger partial charge in [-0.2, -0.15) is 0 Å². The van der Waals surface area contributed by atoms with Crippen molar-refractivity contribution in [3.63, 3.8) is 0 Å². The van der Waals surface area contributed by atoms with Crippen LogP contribution in [-0.2, 0) is 19.7 Å². The van der Waals surface area contributed by atoms with E-state index < -0.39 is 28.8 Å². The summed E-state index contributed by atoms with van der Waals surface area (Å²) in [5.74, 6) is -1.67. The molecule has 7 heteroatoms. The Hall–Kier alpha value is -2.66. The van der Waals surface area contributed by atoms with Crippen molar-refractivity contribution < 1.29 is 14.3 Å². The highest BCUT2D eigenvalue weighted by molar-refractivity contribution is 6.31. The van der Waals surface area contributed by atoms with Gasteiger partial charge in [0.05, 0.1) is 12.0 Å². The molecule has 0 radical (unpaired) electrons. The highest BCUT2D eigenvalue weighted by Crippen LogP contribution is 2.62. The average Bonchev–Trinajstić information content (AvgIpc) is 3.15. The largest absolute Gasteiger partial charge is 0.464 e. The third-order valence-corrected chi connectivity index (χ3v) is 7.92. The smallest absolute Gasteiger partial charge is 0.335 e. The number of rotatable bonds is 5. The summed E-state index contributed by atoms with van der Waals surface area (Å²) in [5.41, 5.74) is -0.198. The Bertz CT molecular complexity index is 1300. The minimum atomic E-state index is -1.36. The van der Waals surface area contributed by atoms with Crippen molar-refractivity contribution in [2.75, 3.05) is 6.61 Å². The molecule has 3 aromatic rings. The molecular weight excluding hydrogens is 505 g/mol. The highest BCUT2D eigenvalue weighted by Gasteiger charge is 2.70. The monoisotopic (exact) mass is 525 g/mol. The predicted molar refractivity (Wildman–Crippen MR) is 139 cm³/mol. The van der Waals surface area contributed by atoms with Crippen molar-refractivity contribution in [2.24, 2.45) is 4.99 Å². The topological polar surface area (TPSA) is 55.7 Å². The standard InChI is InChI=1S/C28H22Cl3NO3/c1-2-35-26(34)28-23(17-3-9-20(29)10-4-17)15-24(33)27(16-32-28,19-7-13-22(31)14-8-19)25(28)18-5-11-21(30)12-6-18/h3-14,16,23,25H,2,15H2,1H3. The maximum absolute atomic E-state index is 14.2. The summed E-state index contributed by atoms with van der Waals surface area (Å²) in [6.07, 6.45) is 1.78. The maximum Gasteiger partial charge on any atom is 0.335 e. The molecule has 0 aromatic heterocycles. The molecule has 1 fully saturated rings. The van der Waals surface area contributed by atoms with Gasteiger partial charge >= 0.3 is 5.97 Å². The second kappa shape index (κ2) is 9.09. The molecule has 2 aliphatic rings. The van der Waals surface area contributed by atoms with E-state index in [4.69, 9.17) is 44.5 Å². The van der Waals surface area contributed by atoms with Gasteiger partial charge in [0.15, 0.2) is 5.54 Å².